The predicted octanol–water partition coefficient (Wildman–Crippen LogP) is 1.65. The number of sulfone groups is 1. The summed E-state index contributed by atoms with van der Waals surface area (Å²) in [6.45, 7) is 2.36. The van der Waals surface area contributed by atoms with Gasteiger partial charge in [-0.05, 0) is 24.6 Å². The summed E-state index contributed by atoms with van der Waals surface area (Å²) in [6, 6.07) is 5.88. The number of halogens is 1. The van der Waals surface area contributed by atoms with Crippen molar-refractivity contribution in [2.24, 2.45) is 11.1 Å². The standard InChI is InChI=1S/C14H18FNO3S2/c1-3-19-8-14(13(16)20)11(12(14)21(2,17)18)9-5-4-6-10(15)7-9/h4-7,11-12H,3,8H2,1-2H3,(H2,16,20)/t11-,12-,14+/m1/s1. The van der Waals surface area contributed by atoms with Gasteiger partial charge in [0.05, 0.1) is 22.3 Å². The lowest BCUT2D eigenvalue weighted by molar-refractivity contribution is 0.121. The van der Waals surface area contributed by atoms with E-state index in [4.69, 9.17) is 22.7 Å². The van der Waals surface area contributed by atoms with Crippen LogP contribution in [0.5, 0.6) is 0 Å². The van der Waals surface area contributed by atoms with Crippen molar-refractivity contribution in [2.45, 2.75) is 18.1 Å². The Morgan fingerprint density at radius 2 is 2.19 bits per heavy atom. The second-order valence-corrected chi connectivity index (χ2v) is 7.93. The summed E-state index contributed by atoms with van der Waals surface area (Å²) >= 11 is 5.10. The minimum atomic E-state index is -3.39. The number of hydrogen-bond acceptors (Lipinski definition) is 4. The van der Waals surface area contributed by atoms with E-state index in [-0.39, 0.29) is 11.6 Å². The van der Waals surface area contributed by atoms with E-state index in [1.165, 1.54) is 12.1 Å². The third-order valence-corrected chi connectivity index (χ3v) is 5.92. The Balaban J connectivity index is 2.49. The molecule has 1 aromatic carbocycles. The van der Waals surface area contributed by atoms with Crippen LogP contribution < -0.4 is 5.73 Å². The summed E-state index contributed by atoms with van der Waals surface area (Å²) in [7, 11) is -3.39. The second kappa shape index (κ2) is 5.62. The molecule has 0 heterocycles. The van der Waals surface area contributed by atoms with Gasteiger partial charge in [0.25, 0.3) is 0 Å². The Hall–Kier alpha value is -1.05. The van der Waals surface area contributed by atoms with Crippen LogP contribution in [0.2, 0.25) is 0 Å². The van der Waals surface area contributed by atoms with Gasteiger partial charge in [0.15, 0.2) is 9.84 Å². The minimum absolute atomic E-state index is 0.0978. The molecule has 2 rings (SSSR count). The quantitative estimate of drug-likeness (QED) is 0.803. The largest absolute Gasteiger partial charge is 0.393 e. The minimum Gasteiger partial charge on any atom is -0.393 e. The molecule has 0 bridgehead atoms. The number of ether oxygens (including phenoxy) is 1. The van der Waals surface area contributed by atoms with E-state index >= 15 is 0 Å². The normalized spacial score (nSPS) is 28.3. The topological polar surface area (TPSA) is 69.4 Å². The third kappa shape index (κ3) is 2.82. The Labute approximate surface area is 129 Å². The van der Waals surface area contributed by atoms with Crippen molar-refractivity contribution >= 4 is 27.0 Å². The Morgan fingerprint density at radius 3 is 2.67 bits per heavy atom. The zero-order valence-electron chi connectivity index (χ0n) is 11.9. The number of benzene rings is 1. The molecule has 1 aliphatic carbocycles. The fourth-order valence-corrected chi connectivity index (χ4v) is 5.32. The first-order chi connectivity index (χ1) is 9.75. The van der Waals surface area contributed by atoms with Gasteiger partial charge in [-0.25, -0.2) is 12.8 Å². The predicted molar refractivity (Wildman–Crippen MR) is 83.5 cm³/mol. The van der Waals surface area contributed by atoms with Crippen LogP contribution in [0.1, 0.15) is 18.4 Å². The first kappa shape index (κ1) is 16.3. The van der Waals surface area contributed by atoms with E-state index in [1.54, 1.807) is 12.1 Å². The molecule has 2 N–H and O–H groups in total. The van der Waals surface area contributed by atoms with Crippen molar-refractivity contribution < 1.29 is 17.5 Å². The molecule has 21 heavy (non-hydrogen) atoms. The van der Waals surface area contributed by atoms with Crippen molar-refractivity contribution in [3.63, 3.8) is 0 Å². The molecule has 0 saturated heterocycles. The monoisotopic (exact) mass is 331 g/mol. The van der Waals surface area contributed by atoms with Crippen LogP contribution in [0.4, 0.5) is 4.39 Å². The van der Waals surface area contributed by atoms with Crippen LogP contribution in [0.15, 0.2) is 24.3 Å². The molecule has 0 spiro atoms. The molecule has 4 nitrogen and oxygen atoms in total. The second-order valence-electron chi connectivity index (χ2n) is 5.32. The highest BCUT2D eigenvalue weighted by Gasteiger charge is 2.72. The number of thiocarbonyl (C=S) groups is 1. The van der Waals surface area contributed by atoms with Crippen LogP contribution in [0.3, 0.4) is 0 Å². The summed E-state index contributed by atoms with van der Waals surface area (Å²) in [4.78, 5) is 0.0978. The SMILES string of the molecule is CCOC[C@]1(C(N)=S)[C@H](c2cccc(F)c2)[C@H]1S(C)(=O)=O. The fourth-order valence-electron chi connectivity index (χ4n) is 3.01. The maximum atomic E-state index is 13.4. The van der Waals surface area contributed by atoms with E-state index in [0.717, 1.165) is 6.26 Å². The van der Waals surface area contributed by atoms with Gasteiger partial charge in [0.2, 0.25) is 0 Å². The molecule has 0 radical (unpaired) electrons. The highest BCUT2D eigenvalue weighted by Crippen LogP contribution is 2.63. The highest BCUT2D eigenvalue weighted by atomic mass is 32.2. The van der Waals surface area contributed by atoms with Gasteiger partial charge in [-0.3, -0.25) is 0 Å². The maximum Gasteiger partial charge on any atom is 0.152 e. The Kier molecular flexibility index (Phi) is 4.37. The lowest BCUT2D eigenvalue weighted by Crippen LogP contribution is -2.33. The van der Waals surface area contributed by atoms with Gasteiger partial charge in [-0.15, -0.1) is 0 Å². The highest BCUT2D eigenvalue weighted by molar-refractivity contribution is 7.92. The van der Waals surface area contributed by atoms with E-state index in [0.29, 0.717) is 12.2 Å². The van der Waals surface area contributed by atoms with Crippen LogP contribution in [0.25, 0.3) is 0 Å². The summed E-state index contributed by atoms with van der Waals surface area (Å²) in [5.41, 5.74) is 5.45. The number of hydrogen-bond donors (Lipinski definition) is 1. The molecule has 1 aliphatic rings. The van der Waals surface area contributed by atoms with Crippen LogP contribution >= 0.6 is 12.2 Å². The molecular weight excluding hydrogens is 313 g/mol. The van der Waals surface area contributed by atoms with E-state index in [1.807, 2.05) is 6.92 Å². The average Bonchev–Trinajstić information content (AvgIpc) is 3.07. The smallest absolute Gasteiger partial charge is 0.152 e. The van der Waals surface area contributed by atoms with Crippen molar-refractivity contribution in [2.75, 3.05) is 19.5 Å². The van der Waals surface area contributed by atoms with Crippen molar-refractivity contribution in [3.05, 3.63) is 35.6 Å². The van der Waals surface area contributed by atoms with Gasteiger partial charge in [-0.2, -0.15) is 0 Å². The van der Waals surface area contributed by atoms with Gasteiger partial charge >= 0.3 is 0 Å². The summed E-state index contributed by atoms with van der Waals surface area (Å²) in [5.74, 6) is -0.882. The third-order valence-electron chi connectivity index (χ3n) is 3.93. The molecule has 0 aromatic heterocycles. The Bertz CT molecular complexity index is 662. The van der Waals surface area contributed by atoms with Crippen molar-refractivity contribution in [3.8, 4) is 0 Å². The van der Waals surface area contributed by atoms with Crippen LogP contribution in [0, 0.1) is 11.2 Å². The number of rotatable bonds is 6. The van der Waals surface area contributed by atoms with Gasteiger partial charge in [0, 0.05) is 18.8 Å². The zero-order chi connectivity index (χ0) is 15.8. The maximum absolute atomic E-state index is 13.4. The molecule has 116 valence electrons. The Morgan fingerprint density at radius 1 is 1.52 bits per heavy atom. The van der Waals surface area contributed by atoms with Gasteiger partial charge < -0.3 is 10.5 Å². The lowest BCUT2D eigenvalue weighted by atomic mass is 10.00. The first-order valence-corrected chi connectivity index (χ1v) is 8.93. The number of nitrogens with two attached hydrogens (primary N) is 1. The average molecular weight is 331 g/mol. The summed E-state index contributed by atoms with van der Waals surface area (Å²) in [6.07, 6.45) is 1.15. The first-order valence-electron chi connectivity index (χ1n) is 6.57. The molecule has 3 atom stereocenters. The molecule has 0 aliphatic heterocycles. The van der Waals surface area contributed by atoms with Gasteiger partial charge in [0.1, 0.15) is 5.82 Å². The summed E-state index contributed by atoms with van der Waals surface area (Å²) in [5, 5.41) is -0.768. The molecule has 7 heteroatoms. The van der Waals surface area contributed by atoms with Crippen LogP contribution in [-0.2, 0) is 14.6 Å². The molecule has 1 aromatic rings. The summed E-state index contributed by atoms with van der Waals surface area (Å²) < 4.78 is 43.0. The van der Waals surface area contributed by atoms with Crippen molar-refractivity contribution in [1.82, 2.24) is 0 Å². The van der Waals surface area contributed by atoms with Crippen LogP contribution in [-0.4, -0.2) is 38.1 Å². The zero-order valence-corrected chi connectivity index (χ0v) is 13.5. The van der Waals surface area contributed by atoms with Gasteiger partial charge in [-0.1, -0.05) is 24.4 Å². The van der Waals surface area contributed by atoms with Crippen molar-refractivity contribution in [1.29, 1.82) is 0 Å². The lowest BCUT2D eigenvalue weighted by Gasteiger charge is -2.16. The molecule has 0 unspecified atom stereocenters. The molecule has 1 saturated carbocycles. The fraction of sp³-hybridized carbons (Fsp3) is 0.500. The molecule has 0 amide bonds. The molecular formula is C14H18FNO3S2. The van der Waals surface area contributed by atoms with E-state index in [2.05, 4.69) is 0 Å². The van der Waals surface area contributed by atoms with E-state index < -0.39 is 32.2 Å². The molecule has 1 fully saturated rings. The van der Waals surface area contributed by atoms with E-state index in [9.17, 15) is 12.8 Å².